The van der Waals surface area contributed by atoms with Crippen LogP contribution >= 0.6 is 0 Å². The van der Waals surface area contributed by atoms with Gasteiger partial charge in [-0.1, -0.05) is 0 Å². The van der Waals surface area contributed by atoms with E-state index in [0.29, 0.717) is 11.2 Å². The highest BCUT2D eigenvalue weighted by atomic mass is 32.2. The van der Waals surface area contributed by atoms with E-state index in [0.717, 1.165) is 16.9 Å². The number of sulfonamides is 1. The van der Waals surface area contributed by atoms with E-state index >= 15 is 0 Å². The van der Waals surface area contributed by atoms with Crippen LogP contribution in [0.2, 0.25) is 0 Å². The van der Waals surface area contributed by atoms with Crippen LogP contribution < -0.4 is 10.0 Å². The standard InChI is InChI=1S/C14H16N4O3S/c1-8-9(2)17-13-5-10(3-4-12(13)16-8)18-7-11(6-14(18)19)22(15,20)21/h3-5,11H,6-7H2,1-2H3,(H2,15,20,21). The van der Waals surface area contributed by atoms with Gasteiger partial charge in [-0.05, 0) is 32.0 Å². The largest absolute Gasteiger partial charge is 0.311 e. The molecule has 1 amide bonds. The molecule has 1 fully saturated rings. The lowest BCUT2D eigenvalue weighted by Crippen LogP contribution is -2.32. The molecule has 3 rings (SSSR count). The Labute approximate surface area is 128 Å². The van der Waals surface area contributed by atoms with Gasteiger partial charge in [0, 0.05) is 18.7 Å². The first kappa shape index (κ1) is 14.9. The lowest BCUT2D eigenvalue weighted by Gasteiger charge is -2.17. The third-order valence-corrected chi connectivity index (χ3v) is 5.17. The van der Waals surface area contributed by atoms with Crippen LogP contribution in [0.15, 0.2) is 18.2 Å². The number of fused-ring (bicyclic) bond motifs is 1. The fourth-order valence-electron chi connectivity index (χ4n) is 2.53. The minimum atomic E-state index is -3.72. The van der Waals surface area contributed by atoms with Crippen molar-refractivity contribution in [2.45, 2.75) is 25.5 Å². The zero-order valence-electron chi connectivity index (χ0n) is 12.3. The van der Waals surface area contributed by atoms with Crippen molar-refractivity contribution in [1.29, 1.82) is 0 Å². The summed E-state index contributed by atoms with van der Waals surface area (Å²) < 4.78 is 22.9. The molecular formula is C14H16N4O3S. The van der Waals surface area contributed by atoms with E-state index < -0.39 is 15.3 Å². The maximum atomic E-state index is 12.1. The van der Waals surface area contributed by atoms with Crippen LogP contribution in [0.4, 0.5) is 5.69 Å². The molecule has 1 aliphatic heterocycles. The molecule has 22 heavy (non-hydrogen) atoms. The quantitative estimate of drug-likeness (QED) is 0.874. The van der Waals surface area contributed by atoms with Crippen LogP contribution in [0.25, 0.3) is 11.0 Å². The summed E-state index contributed by atoms with van der Waals surface area (Å²) in [5.41, 5.74) is 3.70. The molecule has 7 nitrogen and oxygen atoms in total. The first-order chi connectivity index (χ1) is 10.3. The molecule has 0 bridgehead atoms. The summed E-state index contributed by atoms with van der Waals surface area (Å²) in [4.78, 5) is 22.4. The first-order valence-corrected chi connectivity index (χ1v) is 8.43. The second-order valence-electron chi connectivity index (χ2n) is 5.49. The molecule has 0 saturated carbocycles. The van der Waals surface area contributed by atoms with Crippen molar-refractivity contribution in [2.75, 3.05) is 11.4 Å². The maximum absolute atomic E-state index is 12.1. The Bertz CT molecular complexity index is 879. The van der Waals surface area contributed by atoms with E-state index in [-0.39, 0.29) is 18.9 Å². The van der Waals surface area contributed by atoms with Gasteiger partial charge in [-0.3, -0.25) is 4.79 Å². The number of nitrogens with two attached hydrogens (primary N) is 1. The molecule has 0 spiro atoms. The topological polar surface area (TPSA) is 106 Å². The van der Waals surface area contributed by atoms with E-state index in [1.165, 1.54) is 4.90 Å². The molecule has 1 aromatic carbocycles. The summed E-state index contributed by atoms with van der Waals surface area (Å²) >= 11 is 0. The Balaban J connectivity index is 2.00. The van der Waals surface area contributed by atoms with Gasteiger partial charge >= 0.3 is 0 Å². The van der Waals surface area contributed by atoms with E-state index in [2.05, 4.69) is 9.97 Å². The molecule has 8 heteroatoms. The molecule has 116 valence electrons. The molecule has 2 heterocycles. The fourth-order valence-corrected chi connectivity index (χ4v) is 3.26. The number of amides is 1. The molecule has 1 saturated heterocycles. The van der Waals surface area contributed by atoms with Gasteiger partial charge in [0.2, 0.25) is 15.9 Å². The highest BCUT2D eigenvalue weighted by Crippen LogP contribution is 2.26. The summed E-state index contributed by atoms with van der Waals surface area (Å²) in [5.74, 6) is -0.254. The van der Waals surface area contributed by atoms with Crippen molar-refractivity contribution in [3.8, 4) is 0 Å². The summed E-state index contributed by atoms with van der Waals surface area (Å²) in [5, 5.41) is 4.28. The van der Waals surface area contributed by atoms with Gasteiger partial charge in [-0.2, -0.15) is 0 Å². The Morgan fingerprint density at radius 1 is 1.18 bits per heavy atom. The summed E-state index contributed by atoms with van der Waals surface area (Å²) in [7, 11) is -3.72. The van der Waals surface area contributed by atoms with Gasteiger partial charge < -0.3 is 4.90 Å². The van der Waals surface area contributed by atoms with Crippen molar-refractivity contribution in [1.82, 2.24) is 9.97 Å². The number of rotatable bonds is 2. The number of carbonyl (C=O) groups is 1. The zero-order valence-corrected chi connectivity index (χ0v) is 13.1. The van der Waals surface area contributed by atoms with Crippen molar-refractivity contribution in [2.24, 2.45) is 5.14 Å². The van der Waals surface area contributed by atoms with E-state index in [1.807, 2.05) is 13.8 Å². The molecule has 1 atom stereocenters. The number of benzene rings is 1. The number of hydrogen-bond donors (Lipinski definition) is 1. The third-order valence-electron chi connectivity index (χ3n) is 3.92. The maximum Gasteiger partial charge on any atom is 0.228 e. The van der Waals surface area contributed by atoms with Crippen LogP contribution in [0.3, 0.4) is 0 Å². The summed E-state index contributed by atoms with van der Waals surface area (Å²) in [6.07, 6.45) is -0.0878. The minimum absolute atomic E-state index is 0.0709. The Morgan fingerprint density at radius 2 is 1.82 bits per heavy atom. The number of hydrogen-bond acceptors (Lipinski definition) is 5. The number of carbonyl (C=O) groups excluding carboxylic acids is 1. The monoisotopic (exact) mass is 320 g/mol. The summed E-state index contributed by atoms with van der Waals surface area (Å²) in [6, 6.07) is 5.27. The second kappa shape index (κ2) is 4.99. The molecule has 1 aliphatic rings. The number of anilines is 1. The average Bonchev–Trinajstić information content (AvgIpc) is 2.82. The van der Waals surface area contributed by atoms with E-state index in [4.69, 9.17) is 5.14 Å². The van der Waals surface area contributed by atoms with E-state index in [9.17, 15) is 13.2 Å². The molecule has 1 unspecified atom stereocenters. The molecule has 1 aromatic heterocycles. The van der Waals surface area contributed by atoms with Crippen LogP contribution in [-0.4, -0.2) is 36.1 Å². The smallest absolute Gasteiger partial charge is 0.228 e. The van der Waals surface area contributed by atoms with Crippen molar-refractivity contribution in [3.63, 3.8) is 0 Å². The fraction of sp³-hybridized carbons (Fsp3) is 0.357. The van der Waals surface area contributed by atoms with Gasteiger partial charge in [-0.15, -0.1) is 0 Å². The van der Waals surface area contributed by atoms with Crippen molar-refractivity contribution >= 4 is 32.7 Å². The van der Waals surface area contributed by atoms with E-state index in [1.54, 1.807) is 18.2 Å². The predicted molar refractivity (Wildman–Crippen MR) is 82.9 cm³/mol. The predicted octanol–water partition coefficient (Wildman–Crippen LogP) is 0.640. The lowest BCUT2D eigenvalue weighted by molar-refractivity contribution is -0.117. The van der Waals surface area contributed by atoms with Gasteiger partial charge in [0.05, 0.1) is 22.4 Å². The lowest BCUT2D eigenvalue weighted by atomic mass is 10.2. The molecule has 0 radical (unpaired) electrons. The van der Waals surface area contributed by atoms with Gasteiger partial charge in [-0.25, -0.2) is 23.5 Å². The minimum Gasteiger partial charge on any atom is -0.311 e. The van der Waals surface area contributed by atoms with Crippen LogP contribution in [0.5, 0.6) is 0 Å². The average molecular weight is 320 g/mol. The van der Waals surface area contributed by atoms with Gasteiger partial charge in [0.25, 0.3) is 0 Å². The van der Waals surface area contributed by atoms with Crippen LogP contribution in [-0.2, 0) is 14.8 Å². The number of primary sulfonamides is 1. The number of nitrogens with zero attached hydrogens (tertiary/aromatic N) is 3. The summed E-state index contributed by atoms with van der Waals surface area (Å²) in [6.45, 7) is 3.82. The third kappa shape index (κ3) is 2.55. The SMILES string of the molecule is Cc1nc2ccc(N3CC(S(N)(=O)=O)CC3=O)cc2nc1C. The number of aromatic nitrogens is 2. The molecule has 2 N–H and O–H groups in total. The van der Waals surface area contributed by atoms with Crippen molar-refractivity contribution in [3.05, 3.63) is 29.6 Å². The second-order valence-corrected chi connectivity index (χ2v) is 7.33. The van der Waals surface area contributed by atoms with Crippen LogP contribution in [0, 0.1) is 13.8 Å². The highest BCUT2D eigenvalue weighted by Gasteiger charge is 2.37. The van der Waals surface area contributed by atoms with Crippen molar-refractivity contribution < 1.29 is 13.2 Å². The number of aryl methyl sites for hydroxylation is 2. The zero-order chi connectivity index (χ0) is 16.1. The van der Waals surface area contributed by atoms with Gasteiger partial charge in [0.15, 0.2) is 0 Å². The Kier molecular flexibility index (Phi) is 3.37. The molecule has 2 aromatic rings. The Hall–Kier alpha value is -2.06. The molecular weight excluding hydrogens is 304 g/mol. The normalized spacial score (nSPS) is 19.1. The van der Waals surface area contributed by atoms with Gasteiger partial charge in [0.1, 0.15) is 5.25 Å². The highest BCUT2D eigenvalue weighted by molar-refractivity contribution is 7.89. The van der Waals surface area contributed by atoms with Crippen LogP contribution in [0.1, 0.15) is 17.8 Å². The first-order valence-electron chi connectivity index (χ1n) is 6.82. The molecule has 0 aliphatic carbocycles. The Morgan fingerprint density at radius 3 is 2.41 bits per heavy atom.